The zero-order valence-electron chi connectivity index (χ0n) is 8.00. The van der Waals surface area contributed by atoms with E-state index in [0.29, 0.717) is 6.61 Å². The number of benzene rings is 1. The summed E-state index contributed by atoms with van der Waals surface area (Å²) >= 11 is 0. The Kier molecular flexibility index (Phi) is 4.27. The molecule has 0 aliphatic heterocycles. The van der Waals surface area contributed by atoms with Gasteiger partial charge in [-0.15, -0.1) is 0 Å². The quantitative estimate of drug-likeness (QED) is 0.441. The summed E-state index contributed by atoms with van der Waals surface area (Å²) in [5, 5.41) is 10.3. The molecule has 0 spiro atoms. The molecule has 6 nitrogen and oxygen atoms in total. The second-order valence-corrected chi connectivity index (χ2v) is 3.53. The summed E-state index contributed by atoms with van der Waals surface area (Å²) in [5.41, 5.74) is -0.0431. The summed E-state index contributed by atoms with van der Waals surface area (Å²) < 4.78 is 20.6. The predicted molar refractivity (Wildman–Crippen MR) is 54.4 cm³/mol. The maximum Gasteiger partial charge on any atom is 0.367 e. The lowest BCUT2D eigenvalue weighted by molar-refractivity contribution is -0.384. The summed E-state index contributed by atoms with van der Waals surface area (Å²) in [6.45, 7) is 1.99. The lowest BCUT2D eigenvalue weighted by Gasteiger charge is -2.04. The van der Waals surface area contributed by atoms with E-state index in [9.17, 15) is 14.7 Å². The topological polar surface area (TPSA) is 78.7 Å². The van der Waals surface area contributed by atoms with Crippen molar-refractivity contribution in [3.63, 3.8) is 0 Å². The van der Waals surface area contributed by atoms with E-state index in [1.54, 1.807) is 6.92 Å². The minimum Gasteiger partial charge on any atom is -0.426 e. The number of non-ortho nitro benzene ring substituents is 1. The Balaban J connectivity index is 2.64. The highest BCUT2D eigenvalue weighted by Gasteiger charge is 2.06. The number of hydrogen-bond donors (Lipinski definition) is 0. The van der Waals surface area contributed by atoms with Gasteiger partial charge >= 0.3 is 8.25 Å². The molecule has 15 heavy (non-hydrogen) atoms. The Morgan fingerprint density at radius 3 is 2.47 bits per heavy atom. The average Bonchev–Trinajstić information content (AvgIpc) is 2.18. The standard InChI is InChI=1S/C8H10NO5P/c1-2-13-15(12)14-8-5-3-7(4-6-8)9(10)11/h3-6,15H,2H2,1H3. The van der Waals surface area contributed by atoms with Crippen LogP contribution in [0.4, 0.5) is 5.69 Å². The van der Waals surface area contributed by atoms with Gasteiger partial charge in [0.05, 0.1) is 11.5 Å². The Hall–Kier alpha value is -1.39. The molecule has 0 radical (unpaired) electrons. The third kappa shape index (κ3) is 3.69. The van der Waals surface area contributed by atoms with Gasteiger partial charge in [-0.05, 0) is 19.1 Å². The molecule has 1 unspecified atom stereocenters. The van der Waals surface area contributed by atoms with Crippen LogP contribution in [-0.2, 0) is 9.09 Å². The van der Waals surface area contributed by atoms with Crippen LogP contribution < -0.4 is 4.52 Å². The molecule has 0 aromatic heterocycles. The van der Waals surface area contributed by atoms with E-state index < -0.39 is 13.2 Å². The summed E-state index contributed by atoms with van der Waals surface area (Å²) in [6.07, 6.45) is 0. The Labute approximate surface area is 86.9 Å². The van der Waals surface area contributed by atoms with Gasteiger partial charge in [0.15, 0.2) is 0 Å². The second-order valence-electron chi connectivity index (χ2n) is 2.54. The first-order valence-corrected chi connectivity index (χ1v) is 5.45. The van der Waals surface area contributed by atoms with Gasteiger partial charge in [0.2, 0.25) is 0 Å². The molecule has 0 aliphatic rings. The highest BCUT2D eigenvalue weighted by molar-refractivity contribution is 7.33. The van der Waals surface area contributed by atoms with Crippen LogP contribution in [0, 0.1) is 10.1 Å². The van der Waals surface area contributed by atoms with E-state index in [1.165, 1.54) is 24.3 Å². The zero-order chi connectivity index (χ0) is 11.3. The van der Waals surface area contributed by atoms with E-state index in [-0.39, 0.29) is 11.4 Å². The van der Waals surface area contributed by atoms with Crippen LogP contribution in [0.25, 0.3) is 0 Å². The van der Waals surface area contributed by atoms with E-state index >= 15 is 0 Å². The van der Waals surface area contributed by atoms with Crippen molar-refractivity contribution >= 4 is 13.9 Å². The van der Waals surface area contributed by atoms with Crippen molar-refractivity contribution in [2.75, 3.05) is 6.61 Å². The fraction of sp³-hybridized carbons (Fsp3) is 0.250. The Morgan fingerprint density at radius 2 is 2.00 bits per heavy atom. The van der Waals surface area contributed by atoms with Gasteiger partial charge < -0.3 is 9.05 Å². The Bertz CT molecular complexity index is 364. The molecule has 82 valence electrons. The van der Waals surface area contributed by atoms with Crippen LogP contribution in [0.15, 0.2) is 24.3 Å². The molecular formula is C8H10NO5P. The predicted octanol–water partition coefficient (Wildman–Crippen LogP) is 2.40. The summed E-state index contributed by atoms with van der Waals surface area (Å²) in [5.74, 6) is 0.290. The van der Waals surface area contributed by atoms with Gasteiger partial charge in [-0.2, -0.15) is 0 Å². The molecule has 0 N–H and O–H groups in total. The fourth-order valence-corrected chi connectivity index (χ4v) is 1.50. The van der Waals surface area contributed by atoms with Crippen LogP contribution in [0.3, 0.4) is 0 Å². The maximum atomic E-state index is 11.0. The molecule has 0 fully saturated rings. The molecule has 0 amide bonds. The molecule has 0 saturated carbocycles. The van der Waals surface area contributed by atoms with Crippen molar-refractivity contribution in [2.24, 2.45) is 0 Å². The number of nitro benzene ring substituents is 1. The van der Waals surface area contributed by atoms with E-state index in [0.717, 1.165) is 0 Å². The van der Waals surface area contributed by atoms with Crippen LogP contribution in [0.2, 0.25) is 0 Å². The molecule has 0 saturated heterocycles. The number of rotatable bonds is 5. The van der Waals surface area contributed by atoms with Gasteiger partial charge in [0, 0.05) is 12.1 Å². The first kappa shape index (κ1) is 11.7. The maximum absolute atomic E-state index is 11.0. The van der Waals surface area contributed by atoms with Crippen molar-refractivity contribution in [2.45, 2.75) is 6.92 Å². The molecular weight excluding hydrogens is 221 g/mol. The molecule has 0 heterocycles. The number of hydrogen-bond acceptors (Lipinski definition) is 5. The van der Waals surface area contributed by atoms with Crippen LogP contribution in [-0.4, -0.2) is 11.5 Å². The van der Waals surface area contributed by atoms with Crippen LogP contribution in [0.5, 0.6) is 5.75 Å². The summed E-state index contributed by atoms with van der Waals surface area (Å²) in [7, 11) is -2.55. The first-order valence-electron chi connectivity index (χ1n) is 4.22. The molecule has 1 aromatic rings. The van der Waals surface area contributed by atoms with Gasteiger partial charge in [-0.3, -0.25) is 10.1 Å². The molecule has 7 heteroatoms. The smallest absolute Gasteiger partial charge is 0.367 e. The molecule has 0 bridgehead atoms. The van der Waals surface area contributed by atoms with Crippen molar-refractivity contribution < 1.29 is 18.5 Å². The average molecular weight is 231 g/mol. The zero-order valence-corrected chi connectivity index (χ0v) is 9.00. The first-order chi connectivity index (χ1) is 7.13. The van der Waals surface area contributed by atoms with Crippen molar-refractivity contribution in [3.05, 3.63) is 34.4 Å². The Morgan fingerprint density at radius 1 is 1.40 bits per heavy atom. The summed E-state index contributed by atoms with van der Waals surface area (Å²) in [4.78, 5) is 9.80. The third-order valence-electron chi connectivity index (χ3n) is 1.51. The van der Waals surface area contributed by atoms with Crippen molar-refractivity contribution in [1.29, 1.82) is 0 Å². The summed E-state index contributed by atoms with van der Waals surface area (Å²) in [6, 6.07) is 5.30. The SMILES string of the molecule is CCO[PH](=O)Oc1ccc([N+](=O)[O-])cc1. The molecule has 1 rings (SSSR count). The minimum atomic E-state index is -2.55. The molecule has 1 atom stereocenters. The molecule has 0 aliphatic carbocycles. The van der Waals surface area contributed by atoms with E-state index in [4.69, 9.17) is 9.05 Å². The third-order valence-corrected chi connectivity index (χ3v) is 2.44. The largest absolute Gasteiger partial charge is 0.426 e. The second kappa shape index (κ2) is 5.48. The van der Waals surface area contributed by atoms with Crippen molar-refractivity contribution in [1.82, 2.24) is 0 Å². The highest BCUT2D eigenvalue weighted by Crippen LogP contribution is 2.28. The normalized spacial score (nSPS) is 12.1. The molecule has 1 aromatic carbocycles. The van der Waals surface area contributed by atoms with Gasteiger partial charge in [-0.1, -0.05) is 0 Å². The van der Waals surface area contributed by atoms with Crippen LogP contribution >= 0.6 is 8.25 Å². The lowest BCUT2D eigenvalue weighted by Crippen LogP contribution is -1.89. The van der Waals surface area contributed by atoms with Crippen molar-refractivity contribution in [3.8, 4) is 5.75 Å². The lowest BCUT2D eigenvalue weighted by atomic mass is 10.3. The van der Waals surface area contributed by atoms with E-state index in [1.807, 2.05) is 0 Å². The van der Waals surface area contributed by atoms with Crippen LogP contribution in [0.1, 0.15) is 6.92 Å². The van der Waals surface area contributed by atoms with Gasteiger partial charge in [0.25, 0.3) is 5.69 Å². The minimum absolute atomic E-state index is 0.0431. The number of nitro groups is 1. The monoisotopic (exact) mass is 231 g/mol. The number of nitrogens with zero attached hydrogens (tertiary/aromatic N) is 1. The van der Waals surface area contributed by atoms with Gasteiger partial charge in [-0.25, -0.2) is 4.57 Å². The highest BCUT2D eigenvalue weighted by atomic mass is 31.1. The van der Waals surface area contributed by atoms with Gasteiger partial charge in [0.1, 0.15) is 5.75 Å². The fourth-order valence-electron chi connectivity index (χ4n) is 0.879. The van der Waals surface area contributed by atoms with E-state index in [2.05, 4.69) is 0 Å².